The molecule has 2 aliphatic heterocycles. The molecule has 2 aromatic carbocycles. The van der Waals surface area contributed by atoms with Crippen LogP contribution in [0, 0.1) is 23.2 Å². The van der Waals surface area contributed by atoms with Crippen LogP contribution in [-0.4, -0.2) is 44.2 Å². The van der Waals surface area contributed by atoms with Crippen molar-refractivity contribution in [3.05, 3.63) is 53.6 Å². The number of carbonyl (C=O) groups is 2. The molecule has 1 aliphatic carbocycles. The highest BCUT2D eigenvalue weighted by Gasteiger charge is 2.35. The number of nitrogens with one attached hydrogen (secondary N) is 1. The Morgan fingerprint density at radius 1 is 0.917 bits per heavy atom. The number of rotatable bonds is 5. The Hall–Kier alpha value is -3.22. The molecule has 0 spiro atoms. The number of piperidine rings is 1. The van der Waals surface area contributed by atoms with Gasteiger partial charge in [-0.05, 0) is 86.6 Å². The third-order valence-electron chi connectivity index (χ3n) is 7.63. The monoisotopic (exact) mass is 506 g/mol. The van der Waals surface area contributed by atoms with Gasteiger partial charge in [-0.15, -0.1) is 0 Å². The van der Waals surface area contributed by atoms with Gasteiger partial charge in [0.05, 0.1) is 16.5 Å². The number of nitriles is 1. The second kappa shape index (κ2) is 10.0. The summed E-state index contributed by atoms with van der Waals surface area (Å²) in [5.41, 5.74) is 2.89. The van der Waals surface area contributed by atoms with Crippen molar-refractivity contribution < 1.29 is 18.0 Å². The van der Waals surface area contributed by atoms with E-state index in [4.69, 9.17) is 5.26 Å². The van der Waals surface area contributed by atoms with Crippen LogP contribution in [0.15, 0.2) is 47.4 Å². The molecular weight excluding hydrogens is 476 g/mol. The number of amides is 2. The van der Waals surface area contributed by atoms with Crippen molar-refractivity contribution in [2.75, 3.05) is 29.9 Å². The number of anilines is 2. The van der Waals surface area contributed by atoms with Gasteiger partial charge < -0.3 is 10.2 Å². The van der Waals surface area contributed by atoms with Gasteiger partial charge in [0.2, 0.25) is 21.8 Å². The van der Waals surface area contributed by atoms with Crippen LogP contribution in [0.2, 0.25) is 0 Å². The van der Waals surface area contributed by atoms with Crippen molar-refractivity contribution in [2.45, 2.75) is 49.8 Å². The zero-order valence-corrected chi connectivity index (χ0v) is 21.0. The van der Waals surface area contributed by atoms with Gasteiger partial charge in [0.15, 0.2) is 0 Å². The molecule has 0 atom stereocenters. The summed E-state index contributed by atoms with van der Waals surface area (Å²) >= 11 is 0. The Bertz CT molecular complexity index is 1300. The number of fused-ring (bicyclic) bond motifs is 1. The molecular formula is C27H30N4O4S. The molecule has 5 rings (SSSR count). The molecule has 1 N–H and O–H groups in total. The molecule has 0 aromatic heterocycles. The highest BCUT2D eigenvalue weighted by atomic mass is 32.2. The summed E-state index contributed by atoms with van der Waals surface area (Å²) in [6.07, 6.45) is 5.45. The zero-order chi connectivity index (χ0) is 25.3. The predicted octanol–water partition coefficient (Wildman–Crippen LogP) is 3.68. The third-order valence-corrected chi connectivity index (χ3v) is 9.53. The maximum absolute atomic E-state index is 13.4. The first-order valence-electron chi connectivity index (χ1n) is 12.6. The molecule has 1 saturated carbocycles. The van der Waals surface area contributed by atoms with Gasteiger partial charge in [-0.2, -0.15) is 9.57 Å². The first-order valence-corrected chi connectivity index (χ1v) is 14.1. The molecule has 36 heavy (non-hydrogen) atoms. The number of carbonyl (C=O) groups excluding carboxylic acids is 2. The Morgan fingerprint density at radius 3 is 2.28 bits per heavy atom. The van der Waals surface area contributed by atoms with E-state index < -0.39 is 10.0 Å². The van der Waals surface area contributed by atoms with E-state index in [2.05, 4.69) is 5.32 Å². The van der Waals surface area contributed by atoms with Crippen molar-refractivity contribution in [1.29, 1.82) is 5.26 Å². The van der Waals surface area contributed by atoms with Crippen molar-refractivity contribution in [3.63, 3.8) is 0 Å². The normalized spacial score (nSPS) is 19.1. The molecule has 0 radical (unpaired) electrons. The van der Waals surface area contributed by atoms with E-state index >= 15 is 0 Å². The number of nitrogens with zero attached hydrogens (tertiary/aromatic N) is 3. The quantitative estimate of drug-likeness (QED) is 0.665. The average molecular weight is 507 g/mol. The first-order chi connectivity index (χ1) is 17.4. The summed E-state index contributed by atoms with van der Waals surface area (Å²) in [4.78, 5) is 27.6. The standard InChI is InChI=1S/C27H30N4O4S/c28-18-19-6-8-23(9-7-19)29-26(32)20-12-15-30(16-13-20)36(34,35)24-10-11-25-22(17-24)5-2-14-31(25)27(33)21-3-1-4-21/h6-11,17,20-21H,1-5,12-16H2,(H,29,32). The Kier molecular flexibility index (Phi) is 6.82. The van der Waals surface area contributed by atoms with Crippen molar-refractivity contribution in [1.82, 2.24) is 4.31 Å². The van der Waals surface area contributed by atoms with Crippen LogP contribution in [0.3, 0.4) is 0 Å². The van der Waals surface area contributed by atoms with E-state index in [0.717, 1.165) is 43.4 Å². The summed E-state index contributed by atoms with van der Waals surface area (Å²) in [7, 11) is -3.69. The highest BCUT2D eigenvalue weighted by molar-refractivity contribution is 7.89. The molecule has 188 valence electrons. The lowest BCUT2D eigenvalue weighted by Crippen LogP contribution is -2.42. The number of benzene rings is 2. The van der Waals surface area contributed by atoms with Crippen molar-refractivity contribution >= 4 is 33.2 Å². The largest absolute Gasteiger partial charge is 0.326 e. The van der Waals surface area contributed by atoms with Crippen LogP contribution in [0.25, 0.3) is 0 Å². The van der Waals surface area contributed by atoms with Crippen LogP contribution in [-0.2, 0) is 26.0 Å². The number of hydrogen-bond donors (Lipinski definition) is 1. The lowest BCUT2D eigenvalue weighted by atomic mass is 9.83. The molecule has 8 nitrogen and oxygen atoms in total. The van der Waals surface area contributed by atoms with Crippen molar-refractivity contribution in [3.8, 4) is 6.07 Å². The van der Waals surface area contributed by atoms with Gasteiger partial charge in [0, 0.05) is 42.8 Å². The zero-order valence-electron chi connectivity index (χ0n) is 20.2. The van der Waals surface area contributed by atoms with Crippen LogP contribution < -0.4 is 10.2 Å². The smallest absolute Gasteiger partial charge is 0.243 e. The fourth-order valence-corrected chi connectivity index (χ4v) is 6.74. The highest BCUT2D eigenvalue weighted by Crippen LogP contribution is 2.35. The SMILES string of the molecule is N#Cc1ccc(NC(=O)C2CCN(S(=O)(=O)c3ccc4c(c3)CCCN4C(=O)C3CCC3)CC2)cc1. The Balaban J connectivity index is 1.23. The minimum atomic E-state index is -3.69. The Labute approximate surface area is 211 Å². The van der Waals surface area contributed by atoms with Crippen LogP contribution in [0.1, 0.15) is 49.7 Å². The predicted molar refractivity (Wildman–Crippen MR) is 136 cm³/mol. The van der Waals surface area contributed by atoms with E-state index in [1.165, 1.54) is 4.31 Å². The molecule has 2 heterocycles. The second-order valence-corrected chi connectivity index (χ2v) is 11.8. The minimum Gasteiger partial charge on any atom is -0.326 e. The summed E-state index contributed by atoms with van der Waals surface area (Å²) in [5.74, 6) is -0.141. The molecule has 1 saturated heterocycles. The lowest BCUT2D eigenvalue weighted by molar-refractivity contribution is -0.124. The fourth-order valence-electron chi connectivity index (χ4n) is 5.22. The average Bonchev–Trinajstić information content (AvgIpc) is 2.87. The summed E-state index contributed by atoms with van der Waals surface area (Å²) < 4.78 is 28.3. The number of sulfonamides is 1. The molecule has 3 aliphatic rings. The maximum atomic E-state index is 13.4. The van der Waals surface area contributed by atoms with E-state index in [1.54, 1.807) is 42.5 Å². The topological polar surface area (TPSA) is 111 Å². The molecule has 0 unspecified atom stereocenters. The van der Waals surface area contributed by atoms with E-state index in [0.29, 0.717) is 30.6 Å². The summed E-state index contributed by atoms with van der Waals surface area (Å²) in [6, 6.07) is 13.8. The van der Waals surface area contributed by atoms with Gasteiger partial charge in [-0.25, -0.2) is 8.42 Å². The number of aryl methyl sites for hydroxylation is 1. The maximum Gasteiger partial charge on any atom is 0.243 e. The number of hydrogen-bond acceptors (Lipinski definition) is 5. The van der Waals surface area contributed by atoms with Crippen LogP contribution in [0.5, 0.6) is 0 Å². The summed E-state index contributed by atoms with van der Waals surface area (Å²) in [5, 5.41) is 11.8. The van der Waals surface area contributed by atoms with Gasteiger partial charge in [0.1, 0.15) is 0 Å². The fraction of sp³-hybridized carbons (Fsp3) is 0.444. The molecule has 0 bridgehead atoms. The minimum absolute atomic E-state index is 0.106. The molecule has 2 aromatic rings. The van der Waals surface area contributed by atoms with E-state index in [1.807, 2.05) is 11.0 Å². The van der Waals surface area contributed by atoms with E-state index in [9.17, 15) is 18.0 Å². The Morgan fingerprint density at radius 2 is 1.64 bits per heavy atom. The first kappa shape index (κ1) is 24.5. The van der Waals surface area contributed by atoms with Gasteiger partial charge in [-0.3, -0.25) is 9.59 Å². The van der Waals surface area contributed by atoms with Gasteiger partial charge >= 0.3 is 0 Å². The van der Waals surface area contributed by atoms with Gasteiger partial charge in [0.25, 0.3) is 0 Å². The van der Waals surface area contributed by atoms with Crippen molar-refractivity contribution in [2.24, 2.45) is 11.8 Å². The summed E-state index contributed by atoms with van der Waals surface area (Å²) in [6.45, 7) is 1.24. The van der Waals surface area contributed by atoms with Crippen LogP contribution in [0.4, 0.5) is 11.4 Å². The second-order valence-electron chi connectivity index (χ2n) is 9.87. The molecule has 9 heteroatoms. The lowest BCUT2D eigenvalue weighted by Gasteiger charge is -2.35. The van der Waals surface area contributed by atoms with E-state index in [-0.39, 0.29) is 41.6 Å². The molecule has 2 amide bonds. The molecule has 2 fully saturated rings. The third kappa shape index (κ3) is 4.75. The van der Waals surface area contributed by atoms with Crippen LogP contribution >= 0.6 is 0 Å². The van der Waals surface area contributed by atoms with Gasteiger partial charge in [-0.1, -0.05) is 6.42 Å².